The van der Waals surface area contributed by atoms with Crippen LogP contribution in [0.3, 0.4) is 0 Å². The molecule has 0 atom stereocenters. The second-order valence-electron chi connectivity index (χ2n) is 5.99. The van der Waals surface area contributed by atoms with Crippen molar-refractivity contribution < 1.29 is 19.3 Å². The van der Waals surface area contributed by atoms with Crippen molar-refractivity contribution in [1.82, 2.24) is 5.32 Å². The fourth-order valence-corrected chi connectivity index (χ4v) is 2.29. The lowest BCUT2D eigenvalue weighted by Crippen LogP contribution is -2.42. The van der Waals surface area contributed by atoms with Crippen molar-refractivity contribution in [3.63, 3.8) is 0 Å². The Balaban J connectivity index is 2.61. The van der Waals surface area contributed by atoms with Crippen LogP contribution in [0.4, 0.5) is 0 Å². The van der Waals surface area contributed by atoms with Crippen LogP contribution in [-0.4, -0.2) is 30.1 Å². The largest absolute Gasteiger partial charge is 0.477 e. The van der Waals surface area contributed by atoms with Crippen molar-refractivity contribution >= 4 is 11.9 Å². The van der Waals surface area contributed by atoms with Crippen molar-refractivity contribution in [2.75, 3.05) is 13.1 Å². The number of aromatic nitrogens is 1. The van der Waals surface area contributed by atoms with Gasteiger partial charge in [0, 0.05) is 31.0 Å². The number of nitrogens with one attached hydrogen (secondary N) is 1. The van der Waals surface area contributed by atoms with Crippen molar-refractivity contribution in [1.29, 1.82) is 0 Å². The fraction of sp³-hybridized carbons (Fsp3) is 0.588. The smallest absolute Gasteiger partial charge is 0.370 e. The third kappa shape index (κ3) is 7.23. The highest BCUT2D eigenvalue weighted by Crippen LogP contribution is 2.06. The van der Waals surface area contributed by atoms with Gasteiger partial charge in [-0.05, 0) is 31.4 Å². The topological polar surface area (TPSA) is 96.3 Å². The first-order valence-corrected chi connectivity index (χ1v) is 8.15. The molecule has 1 aromatic rings. The summed E-state index contributed by atoms with van der Waals surface area (Å²) in [5, 5.41) is 11.9. The van der Waals surface area contributed by atoms with Crippen LogP contribution in [0.2, 0.25) is 0 Å². The Bertz CT molecular complexity index is 530. The first-order chi connectivity index (χ1) is 10.9. The Morgan fingerprint density at radius 1 is 1.30 bits per heavy atom. The average molecular weight is 322 g/mol. The van der Waals surface area contributed by atoms with E-state index in [4.69, 9.17) is 10.8 Å². The summed E-state index contributed by atoms with van der Waals surface area (Å²) in [7, 11) is 0. The number of aliphatic carboxylic acids is 1. The summed E-state index contributed by atoms with van der Waals surface area (Å²) in [4.78, 5) is 22.4. The minimum absolute atomic E-state index is 0.00423. The number of hydrogen-bond donors (Lipinski definition) is 3. The minimum Gasteiger partial charge on any atom is -0.477 e. The maximum absolute atomic E-state index is 11.5. The van der Waals surface area contributed by atoms with Gasteiger partial charge in [-0.3, -0.25) is 4.79 Å². The van der Waals surface area contributed by atoms with Crippen molar-refractivity contribution in [2.45, 2.75) is 46.1 Å². The quantitative estimate of drug-likeness (QED) is 0.435. The Hall–Kier alpha value is -1.95. The third-order valence-electron chi connectivity index (χ3n) is 3.60. The molecule has 0 aliphatic carbocycles. The number of carboxylic acid groups (broad SMARTS) is 1. The van der Waals surface area contributed by atoms with Crippen LogP contribution in [-0.2, 0) is 29.0 Å². The van der Waals surface area contributed by atoms with E-state index in [0.717, 1.165) is 36.9 Å². The van der Waals surface area contributed by atoms with Crippen molar-refractivity contribution in [2.24, 2.45) is 11.7 Å². The van der Waals surface area contributed by atoms with E-state index in [2.05, 4.69) is 5.32 Å². The zero-order chi connectivity index (χ0) is 17.2. The lowest BCUT2D eigenvalue weighted by atomic mass is 10.1. The summed E-state index contributed by atoms with van der Waals surface area (Å²) in [6.07, 6.45) is 5.12. The molecule has 23 heavy (non-hydrogen) atoms. The lowest BCUT2D eigenvalue weighted by molar-refractivity contribution is -0.693. The molecule has 6 heteroatoms. The van der Waals surface area contributed by atoms with Crippen LogP contribution in [0.1, 0.15) is 37.9 Å². The molecular formula is C17H28N3O3+. The van der Waals surface area contributed by atoms with E-state index in [-0.39, 0.29) is 18.4 Å². The second-order valence-corrected chi connectivity index (χ2v) is 5.99. The van der Waals surface area contributed by atoms with E-state index >= 15 is 0 Å². The number of pyridine rings is 1. The van der Waals surface area contributed by atoms with Gasteiger partial charge in [0.2, 0.25) is 12.5 Å². The molecule has 0 aliphatic rings. The number of carbonyl (C=O) groups is 2. The number of carboxylic acids is 1. The second kappa shape index (κ2) is 9.94. The molecule has 0 aromatic carbocycles. The van der Waals surface area contributed by atoms with Gasteiger partial charge in [0.25, 0.3) is 0 Å². The van der Waals surface area contributed by atoms with E-state index < -0.39 is 5.97 Å². The minimum atomic E-state index is -0.854. The molecule has 0 fully saturated rings. The van der Waals surface area contributed by atoms with Gasteiger partial charge >= 0.3 is 5.97 Å². The number of carbonyl (C=O) groups excluding carboxylic acids is 1. The average Bonchev–Trinajstić information content (AvgIpc) is 2.50. The number of hydrogen-bond acceptors (Lipinski definition) is 3. The number of rotatable bonds is 10. The van der Waals surface area contributed by atoms with Crippen LogP contribution >= 0.6 is 0 Å². The van der Waals surface area contributed by atoms with E-state index in [9.17, 15) is 9.59 Å². The normalized spacial score (nSPS) is 10.8. The monoisotopic (exact) mass is 322 g/mol. The predicted octanol–water partition coefficient (Wildman–Crippen LogP) is 0.655. The maximum Gasteiger partial charge on any atom is 0.370 e. The molecule has 128 valence electrons. The van der Waals surface area contributed by atoms with Gasteiger partial charge in [-0.25, -0.2) is 4.79 Å². The van der Waals surface area contributed by atoms with Gasteiger partial charge in [-0.1, -0.05) is 13.8 Å². The summed E-state index contributed by atoms with van der Waals surface area (Å²) < 4.78 is 1.75. The van der Waals surface area contributed by atoms with Crippen molar-refractivity contribution in [3.8, 4) is 0 Å². The van der Waals surface area contributed by atoms with Gasteiger partial charge in [-0.15, -0.1) is 0 Å². The zero-order valence-electron chi connectivity index (χ0n) is 14.0. The lowest BCUT2D eigenvalue weighted by Gasteiger charge is -2.08. The van der Waals surface area contributed by atoms with Crippen LogP contribution < -0.4 is 15.6 Å². The number of nitrogens with two attached hydrogens (primary N) is 1. The highest BCUT2D eigenvalue weighted by atomic mass is 16.4. The highest BCUT2D eigenvalue weighted by Gasteiger charge is 2.15. The number of aryl methyl sites for hydroxylation is 2. The SMILES string of the molecule is CC(C)C(=O)NCCCc1cc[n+](CC(=O)O)c(CCCN)c1. The Kier molecular flexibility index (Phi) is 8.26. The fourth-order valence-electron chi connectivity index (χ4n) is 2.29. The summed E-state index contributed by atoms with van der Waals surface area (Å²) >= 11 is 0. The third-order valence-corrected chi connectivity index (χ3v) is 3.60. The molecule has 1 aromatic heterocycles. The number of nitrogens with zero attached hydrogens (tertiary/aromatic N) is 1. The first-order valence-electron chi connectivity index (χ1n) is 8.15. The van der Waals surface area contributed by atoms with Crippen LogP contribution in [0.5, 0.6) is 0 Å². The molecule has 0 saturated heterocycles. The Morgan fingerprint density at radius 3 is 2.65 bits per heavy atom. The standard InChI is InChI=1S/C17H27N3O3/c1-13(2)17(23)19-9-4-5-14-7-10-20(12-16(21)22)15(11-14)6-3-8-18/h7,10-11,13H,3-6,8-9,12,18H2,1-2H3,(H-,19,21,22,23)/p+1. The molecule has 0 unspecified atom stereocenters. The van der Waals surface area contributed by atoms with E-state index in [1.807, 2.05) is 32.2 Å². The summed E-state index contributed by atoms with van der Waals surface area (Å²) in [5.41, 5.74) is 7.69. The van der Waals surface area contributed by atoms with E-state index in [1.165, 1.54) is 0 Å². The van der Waals surface area contributed by atoms with Gasteiger partial charge in [0.05, 0.1) is 0 Å². The molecule has 4 N–H and O–H groups in total. The summed E-state index contributed by atoms with van der Waals surface area (Å²) in [6, 6.07) is 3.99. The summed E-state index contributed by atoms with van der Waals surface area (Å²) in [5.74, 6) is -0.779. The Morgan fingerprint density at radius 2 is 2.04 bits per heavy atom. The molecule has 0 saturated carbocycles. The predicted molar refractivity (Wildman–Crippen MR) is 87.8 cm³/mol. The van der Waals surface area contributed by atoms with E-state index in [1.54, 1.807) is 4.57 Å². The van der Waals surface area contributed by atoms with Gasteiger partial charge < -0.3 is 16.2 Å². The molecule has 1 amide bonds. The van der Waals surface area contributed by atoms with Crippen LogP contribution in [0.15, 0.2) is 18.3 Å². The van der Waals surface area contributed by atoms with E-state index in [0.29, 0.717) is 13.1 Å². The molecular weight excluding hydrogens is 294 g/mol. The molecule has 6 nitrogen and oxygen atoms in total. The van der Waals surface area contributed by atoms with Gasteiger partial charge in [0.1, 0.15) is 0 Å². The van der Waals surface area contributed by atoms with Gasteiger partial charge in [-0.2, -0.15) is 4.57 Å². The molecule has 0 spiro atoms. The highest BCUT2D eigenvalue weighted by molar-refractivity contribution is 5.77. The van der Waals surface area contributed by atoms with Crippen molar-refractivity contribution in [3.05, 3.63) is 29.6 Å². The molecule has 0 aliphatic heterocycles. The molecule has 1 heterocycles. The molecule has 0 bridgehead atoms. The molecule has 1 rings (SSSR count). The van der Waals surface area contributed by atoms with Crippen LogP contribution in [0.25, 0.3) is 0 Å². The van der Waals surface area contributed by atoms with Gasteiger partial charge in [0.15, 0.2) is 11.9 Å². The Labute approximate surface area is 137 Å². The number of amides is 1. The molecule has 0 radical (unpaired) electrons. The summed E-state index contributed by atoms with van der Waals surface area (Å²) in [6.45, 7) is 4.94. The maximum atomic E-state index is 11.5. The zero-order valence-corrected chi connectivity index (χ0v) is 14.0. The van der Waals surface area contributed by atoms with Crippen LogP contribution in [0, 0.1) is 5.92 Å². The first kappa shape index (κ1) is 19.1.